The molecule has 1 rings (SSSR count). The summed E-state index contributed by atoms with van der Waals surface area (Å²) >= 11 is 3.37. The Morgan fingerprint density at radius 1 is 1.55 bits per heavy atom. The smallest absolute Gasteiger partial charge is 0.311 e. The largest absolute Gasteiger partial charge is 0.487 e. The van der Waals surface area contributed by atoms with Gasteiger partial charge in [-0.15, -0.1) is 0 Å². The maximum Gasteiger partial charge on any atom is 0.311 e. The van der Waals surface area contributed by atoms with Gasteiger partial charge < -0.3 is 9.64 Å². The zero-order chi connectivity index (χ0) is 15.3. The first kappa shape index (κ1) is 16.4. The molecule has 1 aromatic rings. The predicted octanol–water partition coefficient (Wildman–Crippen LogP) is 2.85. The van der Waals surface area contributed by atoms with Crippen molar-refractivity contribution in [2.45, 2.75) is 18.7 Å². The number of nitro groups is 1. The van der Waals surface area contributed by atoms with E-state index in [0.29, 0.717) is 6.54 Å². The van der Waals surface area contributed by atoms with Gasteiger partial charge in [-0.1, -0.05) is 28.9 Å². The molecule has 0 bridgehead atoms. The van der Waals surface area contributed by atoms with Crippen molar-refractivity contribution in [1.82, 2.24) is 4.90 Å². The standard InChI is InChI=1S/C13H17BrN2O4/c1-4-20-12-10(6-5-7-11(12)16(18)19)13(17)15(3)8-9(2)14/h5-7,9H,4,8H2,1-3H3. The number of amides is 1. The number of hydrogen-bond acceptors (Lipinski definition) is 4. The monoisotopic (exact) mass is 344 g/mol. The highest BCUT2D eigenvalue weighted by Crippen LogP contribution is 2.31. The van der Waals surface area contributed by atoms with Gasteiger partial charge in [0, 0.05) is 24.5 Å². The molecule has 0 fully saturated rings. The fourth-order valence-corrected chi connectivity index (χ4v) is 2.23. The number of nitrogens with zero attached hydrogens (tertiary/aromatic N) is 2. The van der Waals surface area contributed by atoms with E-state index in [0.717, 1.165) is 0 Å². The predicted molar refractivity (Wildman–Crippen MR) is 79.6 cm³/mol. The first-order valence-electron chi connectivity index (χ1n) is 6.18. The number of hydrogen-bond donors (Lipinski definition) is 0. The molecule has 7 heteroatoms. The van der Waals surface area contributed by atoms with Gasteiger partial charge in [0.15, 0.2) is 0 Å². The fourth-order valence-electron chi connectivity index (χ4n) is 1.80. The molecule has 110 valence electrons. The van der Waals surface area contributed by atoms with Gasteiger partial charge in [-0.2, -0.15) is 0 Å². The maximum absolute atomic E-state index is 12.4. The van der Waals surface area contributed by atoms with Crippen LogP contribution in [0.1, 0.15) is 24.2 Å². The summed E-state index contributed by atoms with van der Waals surface area (Å²) in [5, 5.41) is 11.0. The number of carbonyl (C=O) groups is 1. The van der Waals surface area contributed by atoms with Gasteiger partial charge >= 0.3 is 5.69 Å². The van der Waals surface area contributed by atoms with Crippen LogP contribution >= 0.6 is 15.9 Å². The molecule has 0 N–H and O–H groups in total. The van der Waals surface area contributed by atoms with Crippen LogP contribution in [0.4, 0.5) is 5.69 Å². The van der Waals surface area contributed by atoms with Crippen molar-refractivity contribution in [2.75, 3.05) is 20.2 Å². The van der Waals surface area contributed by atoms with Crippen LogP contribution in [0.2, 0.25) is 0 Å². The van der Waals surface area contributed by atoms with Gasteiger partial charge in [0.05, 0.1) is 17.1 Å². The molecule has 6 nitrogen and oxygen atoms in total. The number of benzene rings is 1. The second-order valence-corrected chi connectivity index (χ2v) is 5.87. The Kier molecular flexibility index (Phi) is 5.94. The Morgan fingerprint density at radius 2 is 2.20 bits per heavy atom. The Balaban J connectivity index is 3.19. The fraction of sp³-hybridized carbons (Fsp3) is 0.462. The van der Waals surface area contributed by atoms with Crippen LogP contribution in [-0.2, 0) is 0 Å². The van der Waals surface area contributed by atoms with Crippen molar-refractivity contribution >= 4 is 27.5 Å². The second-order valence-electron chi connectivity index (χ2n) is 4.31. The zero-order valence-electron chi connectivity index (χ0n) is 11.6. The van der Waals surface area contributed by atoms with Gasteiger partial charge in [0.25, 0.3) is 5.91 Å². The number of rotatable bonds is 6. The number of para-hydroxylation sites is 1. The molecule has 0 saturated heterocycles. The van der Waals surface area contributed by atoms with E-state index in [-0.39, 0.29) is 34.3 Å². The Labute approximate surface area is 126 Å². The van der Waals surface area contributed by atoms with E-state index in [1.54, 1.807) is 14.0 Å². The van der Waals surface area contributed by atoms with Crippen LogP contribution in [0, 0.1) is 10.1 Å². The third-order valence-corrected chi connectivity index (χ3v) is 2.87. The number of alkyl halides is 1. The molecule has 0 aliphatic rings. The average molecular weight is 345 g/mol. The van der Waals surface area contributed by atoms with E-state index in [1.807, 2.05) is 6.92 Å². The minimum absolute atomic E-state index is 0.0269. The molecular formula is C13H17BrN2O4. The molecule has 0 radical (unpaired) electrons. The summed E-state index contributed by atoms with van der Waals surface area (Å²) in [6.07, 6.45) is 0. The number of ether oxygens (including phenoxy) is 1. The molecule has 1 amide bonds. The number of nitro benzene ring substituents is 1. The molecule has 1 atom stereocenters. The summed E-state index contributed by atoms with van der Waals surface area (Å²) in [4.78, 5) is 24.4. The first-order chi connectivity index (χ1) is 9.38. The van der Waals surface area contributed by atoms with E-state index in [2.05, 4.69) is 15.9 Å². The molecular weight excluding hydrogens is 328 g/mol. The van der Waals surface area contributed by atoms with E-state index in [1.165, 1.54) is 23.1 Å². The lowest BCUT2D eigenvalue weighted by molar-refractivity contribution is -0.385. The third-order valence-electron chi connectivity index (χ3n) is 2.58. The Bertz CT molecular complexity index is 505. The lowest BCUT2D eigenvalue weighted by Crippen LogP contribution is -2.31. The maximum atomic E-state index is 12.4. The van der Waals surface area contributed by atoms with Crippen molar-refractivity contribution in [3.8, 4) is 5.75 Å². The minimum atomic E-state index is -0.547. The normalized spacial score (nSPS) is 11.8. The van der Waals surface area contributed by atoms with Gasteiger partial charge in [0.1, 0.15) is 0 Å². The third kappa shape index (κ3) is 3.93. The van der Waals surface area contributed by atoms with E-state index in [9.17, 15) is 14.9 Å². The van der Waals surface area contributed by atoms with Gasteiger partial charge in [0.2, 0.25) is 5.75 Å². The van der Waals surface area contributed by atoms with Gasteiger partial charge in [-0.05, 0) is 13.0 Å². The summed E-state index contributed by atoms with van der Waals surface area (Å²) in [7, 11) is 1.65. The summed E-state index contributed by atoms with van der Waals surface area (Å²) in [5.74, 6) is -0.275. The highest BCUT2D eigenvalue weighted by atomic mass is 79.9. The lowest BCUT2D eigenvalue weighted by atomic mass is 10.1. The van der Waals surface area contributed by atoms with E-state index < -0.39 is 4.92 Å². The van der Waals surface area contributed by atoms with Gasteiger partial charge in [-0.3, -0.25) is 14.9 Å². The summed E-state index contributed by atoms with van der Waals surface area (Å²) in [6, 6.07) is 4.35. The summed E-state index contributed by atoms with van der Waals surface area (Å²) in [6.45, 7) is 4.38. The summed E-state index contributed by atoms with van der Waals surface area (Å²) < 4.78 is 5.30. The van der Waals surface area contributed by atoms with Crippen molar-refractivity contribution in [1.29, 1.82) is 0 Å². The summed E-state index contributed by atoms with van der Waals surface area (Å²) in [5.41, 5.74) is 0.00897. The SMILES string of the molecule is CCOc1c(C(=O)N(C)CC(C)Br)cccc1[N+](=O)[O-]. The van der Waals surface area contributed by atoms with Crippen LogP contribution in [0.3, 0.4) is 0 Å². The number of halogens is 1. The highest BCUT2D eigenvalue weighted by molar-refractivity contribution is 9.09. The molecule has 20 heavy (non-hydrogen) atoms. The van der Waals surface area contributed by atoms with Crippen LogP contribution in [0.5, 0.6) is 5.75 Å². The minimum Gasteiger partial charge on any atom is -0.487 e. The quantitative estimate of drug-likeness (QED) is 0.451. The van der Waals surface area contributed by atoms with E-state index in [4.69, 9.17) is 4.74 Å². The molecule has 0 heterocycles. The van der Waals surface area contributed by atoms with Crippen LogP contribution in [0.25, 0.3) is 0 Å². The Morgan fingerprint density at radius 3 is 2.70 bits per heavy atom. The molecule has 0 saturated carbocycles. The number of carbonyl (C=O) groups excluding carboxylic acids is 1. The first-order valence-corrected chi connectivity index (χ1v) is 7.09. The highest BCUT2D eigenvalue weighted by Gasteiger charge is 2.25. The molecule has 1 aromatic carbocycles. The zero-order valence-corrected chi connectivity index (χ0v) is 13.2. The van der Waals surface area contributed by atoms with Crippen LogP contribution in [0.15, 0.2) is 18.2 Å². The van der Waals surface area contributed by atoms with Crippen LogP contribution < -0.4 is 4.74 Å². The Hall–Kier alpha value is -1.63. The van der Waals surface area contributed by atoms with Gasteiger partial charge in [-0.25, -0.2) is 0 Å². The lowest BCUT2D eigenvalue weighted by Gasteiger charge is -2.20. The van der Waals surface area contributed by atoms with Crippen molar-refractivity contribution in [3.63, 3.8) is 0 Å². The second kappa shape index (κ2) is 7.23. The molecule has 0 aliphatic heterocycles. The van der Waals surface area contributed by atoms with Crippen molar-refractivity contribution in [3.05, 3.63) is 33.9 Å². The molecule has 0 spiro atoms. The molecule has 0 aliphatic carbocycles. The molecule has 0 aromatic heterocycles. The average Bonchev–Trinajstić information content (AvgIpc) is 2.37. The molecule has 1 unspecified atom stereocenters. The van der Waals surface area contributed by atoms with Crippen molar-refractivity contribution in [2.24, 2.45) is 0 Å². The van der Waals surface area contributed by atoms with Crippen LogP contribution in [-0.4, -0.2) is 40.8 Å². The topological polar surface area (TPSA) is 72.7 Å². The van der Waals surface area contributed by atoms with E-state index >= 15 is 0 Å². The van der Waals surface area contributed by atoms with Crippen molar-refractivity contribution < 1.29 is 14.5 Å².